The molecule has 2 aromatic heterocycles. The Balaban J connectivity index is 1.87. The molecule has 0 spiro atoms. The van der Waals surface area contributed by atoms with E-state index in [4.69, 9.17) is 4.74 Å². The molecule has 120 valence electrons. The van der Waals surface area contributed by atoms with E-state index in [0.717, 1.165) is 23.4 Å². The molecular formula is C16H18N4O2S. The summed E-state index contributed by atoms with van der Waals surface area (Å²) >= 11 is 1.36. The number of aromatic nitrogens is 3. The number of nitrogens with zero attached hydrogens (tertiary/aromatic N) is 3. The van der Waals surface area contributed by atoms with E-state index in [-0.39, 0.29) is 5.56 Å². The van der Waals surface area contributed by atoms with Crippen LogP contribution in [0.3, 0.4) is 0 Å². The third-order valence-corrected chi connectivity index (χ3v) is 4.14. The van der Waals surface area contributed by atoms with Crippen LogP contribution in [0.2, 0.25) is 0 Å². The van der Waals surface area contributed by atoms with Crippen LogP contribution in [-0.4, -0.2) is 21.2 Å². The van der Waals surface area contributed by atoms with Crippen molar-refractivity contribution in [3.05, 3.63) is 51.9 Å². The molecule has 6 nitrogen and oxygen atoms in total. The Morgan fingerprint density at radius 1 is 1.30 bits per heavy atom. The number of aryl methyl sites for hydroxylation is 1. The minimum absolute atomic E-state index is 0.152. The fraction of sp³-hybridized carbons (Fsp3) is 0.312. The summed E-state index contributed by atoms with van der Waals surface area (Å²) in [5, 5.41) is 8.16. The molecule has 2 heterocycles. The summed E-state index contributed by atoms with van der Waals surface area (Å²) in [5.41, 5.74) is 2.62. The summed E-state index contributed by atoms with van der Waals surface area (Å²) in [6, 6.07) is 9.46. The van der Waals surface area contributed by atoms with Crippen molar-refractivity contribution in [2.75, 3.05) is 11.9 Å². The Kier molecular flexibility index (Phi) is 4.68. The fourth-order valence-electron chi connectivity index (χ4n) is 2.17. The van der Waals surface area contributed by atoms with Crippen molar-refractivity contribution in [1.82, 2.24) is 14.6 Å². The highest BCUT2D eigenvalue weighted by molar-refractivity contribution is 7.20. The van der Waals surface area contributed by atoms with E-state index in [2.05, 4.69) is 15.4 Å². The molecular weight excluding hydrogens is 312 g/mol. The second-order valence-electron chi connectivity index (χ2n) is 5.00. The van der Waals surface area contributed by atoms with Gasteiger partial charge in [0, 0.05) is 24.1 Å². The minimum Gasteiger partial charge on any atom is -0.377 e. The van der Waals surface area contributed by atoms with Gasteiger partial charge in [-0.3, -0.25) is 4.79 Å². The zero-order chi connectivity index (χ0) is 16.2. The molecule has 0 unspecified atom stereocenters. The van der Waals surface area contributed by atoms with Gasteiger partial charge in [-0.1, -0.05) is 30.4 Å². The average molecular weight is 330 g/mol. The zero-order valence-corrected chi connectivity index (χ0v) is 13.9. The lowest BCUT2D eigenvalue weighted by atomic mass is 10.2. The van der Waals surface area contributed by atoms with E-state index in [1.807, 2.05) is 38.1 Å². The molecule has 0 radical (unpaired) electrons. The number of rotatable bonds is 6. The van der Waals surface area contributed by atoms with Crippen molar-refractivity contribution in [2.45, 2.75) is 26.9 Å². The van der Waals surface area contributed by atoms with Gasteiger partial charge in [-0.2, -0.15) is 4.52 Å². The maximum Gasteiger partial charge on any atom is 0.275 e. The van der Waals surface area contributed by atoms with Gasteiger partial charge in [-0.25, -0.2) is 4.98 Å². The Morgan fingerprint density at radius 3 is 2.96 bits per heavy atom. The van der Waals surface area contributed by atoms with Crippen LogP contribution >= 0.6 is 11.3 Å². The van der Waals surface area contributed by atoms with Crippen molar-refractivity contribution >= 4 is 27.1 Å². The summed E-state index contributed by atoms with van der Waals surface area (Å²) in [6.45, 7) is 5.21. The topological polar surface area (TPSA) is 68.5 Å². The molecule has 0 atom stereocenters. The molecule has 0 aliphatic carbocycles. The number of anilines is 2. The van der Waals surface area contributed by atoms with Crippen LogP contribution in [0, 0.1) is 0 Å². The van der Waals surface area contributed by atoms with Crippen LogP contribution in [0.4, 0.5) is 10.8 Å². The Labute approximate surface area is 137 Å². The normalized spacial score (nSPS) is 11.0. The van der Waals surface area contributed by atoms with E-state index in [1.165, 1.54) is 21.9 Å². The lowest BCUT2D eigenvalue weighted by Crippen LogP contribution is -2.15. The summed E-state index contributed by atoms with van der Waals surface area (Å²) < 4.78 is 6.75. The first-order chi connectivity index (χ1) is 11.2. The maximum absolute atomic E-state index is 12.0. The maximum atomic E-state index is 12.0. The van der Waals surface area contributed by atoms with E-state index in [1.54, 1.807) is 0 Å². The smallest absolute Gasteiger partial charge is 0.275 e. The number of hydrogen-bond acceptors (Lipinski definition) is 6. The van der Waals surface area contributed by atoms with Gasteiger partial charge in [0.05, 0.1) is 6.61 Å². The monoisotopic (exact) mass is 330 g/mol. The van der Waals surface area contributed by atoms with Crippen LogP contribution in [-0.2, 0) is 17.8 Å². The molecule has 0 amide bonds. The first-order valence-electron chi connectivity index (χ1n) is 7.53. The largest absolute Gasteiger partial charge is 0.377 e. The summed E-state index contributed by atoms with van der Waals surface area (Å²) in [6.07, 6.45) is 0.728. The molecule has 7 heteroatoms. The van der Waals surface area contributed by atoms with Gasteiger partial charge in [0.15, 0.2) is 0 Å². The van der Waals surface area contributed by atoms with Crippen LogP contribution < -0.4 is 10.9 Å². The quantitative estimate of drug-likeness (QED) is 0.752. The standard InChI is InChI=1S/C16H18N4O2S/c1-3-12-9-14(21)20-16(18-12)23-15(19-20)17-13-7-5-6-11(8-13)10-22-4-2/h5-9H,3-4,10H2,1-2H3,(H,17,19). The van der Waals surface area contributed by atoms with E-state index in [0.29, 0.717) is 23.3 Å². The third kappa shape index (κ3) is 3.57. The van der Waals surface area contributed by atoms with Gasteiger partial charge in [0.25, 0.3) is 5.56 Å². The summed E-state index contributed by atoms with van der Waals surface area (Å²) in [4.78, 5) is 17.1. The lowest BCUT2D eigenvalue weighted by molar-refractivity contribution is 0.134. The van der Waals surface area contributed by atoms with Crippen LogP contribution in [0.1, 0.15) is 25.1 Å². The van der Waals surface area contributed by atoms with Crippen LogP contribution in [0.25, 0.3) is 4.96 Å². The molecule has 0 aliphatic heterocycles. The molecule has 0 fully saturated rings. The number of ether oxygens (including phenoxy) is 1. The Hall–Kier alpha value is -2.25. The molecule has 0 saturated carbocycles. The van der Waals surface area contributed by atoms with Crippen molar-refractivity contribution in [3.63, 3.8) is 0 Å². The van der Waals surface area contributed by atoms with Gasteiger partial charge in [-0.05, 0) is 31.0 Å². The number of hydrogen-bond donors (Lipinski definition) is 1. The van der Waals surface area contributed by atoms with E-state index < -0.39 is 0 Å². The van der Waals surface area contributed by atoms with Crippen LogP contribution in [0.5, 0.6) is 0 Å². The second kappa shape index (κ2) is 6.89. The lowest BCUT2D eigenvalue weighted by Gasteiger charge is -2.05. The van der Waals surface area contributed by atoms with E-state index >= 15 is 0 Å². The first-order valence-corrected chi connectivity index (χ1v) is 8.34. The highest BCUT2D eigenvalue weighted by Gasteiger charge is 2.08. The van der Waals surface area contributed by atoms with Crippen molar-refractivity contribution < 1.29 is 4.74 Å². The number of nitrogens with one attached hydrogen (secondary N) is 1. The van der Waals surface area contributed by atoms with Gasteiger partial charge < -0.3 is 10.1 Å². The predicted molar refractivity (Wildman–Crippen MR) is 91.6 cm³/mol. The SMILES string of the molecule is CCOCc1cccc(Nc2nn3c(=O)cc(CC)nc3s2)c1. The fourth-order valence-corrected chi connectivity index (χ4v) is 3.01. The minimum atomic E-state index is -0.152. The molecule has 1 N–H and O–H groups in total. The van der Waals surface area contributed by atoms with E-state index in [9.17, 15) is 4.79 Å². The average Bonchev–Trinajstić information content (AvgIpc) is 2.96. The first kappa shape index (κ1) is 15.6. The molecule has 1 aromatic carbocycles. The Morgan fingerprint density at radius 2 is 2.17 bits per heavy atom. The molecule has 0 aliphatic rings. The van der Waals surface area contributed by atoms with Gasteiger partial charge >= 0.3 is 0 Å². The summed E-state index contributed by atoms with van der Waals surface area (Å²) in [7, 11) is 0. The highest BCUT2D eigenvalue weighted by Crippen LogP contribution is 2.22. The van der Waals surface area contributed by atoms with Crippen molar-refractivity contribution in [2.24, 2.45) is 0 Å². The van der Waals surface area contributed by atoms with Crippen molar-refractivity contribution in [3.8, 4) is 0 Å². The van der Waals surface area contributed by atoms with Gasteiger partial charge in [-0.15, -0.1) is 5.10 Å². The molecule has 3 aromatic rings. The predicted octanol–water partition coefficient (Wildman–Crippen LogP) is 2.99. The molecule has 0 saturated heterocycles. The van der Waals surface area contributed by atoms with Gasteiger partial charge in [0.1, 0.15) is 0 Å². The number of benzene rings is 1. The second-order valence-corrected chi connectivity index (χ2v) is 5.96. The van der Waals surface area contributed by atoms with Crippen molar-refractivity contribution in [1.29, 1.82) is 0 Å². The Bertz CT molecular complexity index is 872. The number of fused-ring (bicyclic) bond motifs is 1. The summed E-state index contributed by atoms with van der Waals surface area (Å²) in [5.74, 6) is 0. The van der Waals surface area contributed by atoms with Crippen LogP contribution in [0.15, 0.2) is 35.1 Å². The molecule has 23 heavy (non-hydrogen) atoms. The van der Waals surface area contributed by atoms with Gasteiger partial charge in [0.2, 0.25) is 10.1 Å². The highest BCUT2D eigenvalue weighted by atomic mass is 32.1. The third-order valence-electron chi connectivity index (χ3n) is 3.31. The zero-order valence-electron chi connectivity index (χ0n) is 13.1. The molecule has 3 rings (SSSR count). The molecule has 0 bridgehead atoms.